The third-order valence-corrected chi connectivity index (χ3v) is 8.08. The minimum absolute atomic E-state index is 0.0468. The molecule has 0 aliphatic carbocycles. The van der Waals surface area contributed by atoms with Crippen LogP contribution in [0.5, 0.6) is 0 Å². The first kappa shape index (κ1) is 32.2. The Morgan fingerprint density at radius 3 is 2.17 bits per heavy atom. The number of rotatable bonds is 16. The summed E-state index contributed by atoms with van der Waals surface area (Å²) in [6.45, 7) is 6.32. The van der Waals surface area contributed by atoms with Crippen molar-refractivity contribution in [3.8, 4) is 0 Å². The summed E-state index contributed by atoms with van der Waals surface area (Å²) < 4.78 is 5.43. The molecule has 1 saturated heterocycles. The molecule has 2 atom stereocenters. The number of alkyl carbamates (subject to hydrolysis) is 1. The first-order chi connectivity index (χ1) is 20.0. The van der Waals surface area contributed by atoms with Gasteiger partial charge in [-0.1, -0.05) is 87.4 Å². The molecule has 0 bridgehead atoms. The molecular weight excluding hydrogens is 514 g/mol. The van der Waals surface area contributed by atoms with Crippen LogP contribution in [0.3, 0.4) is 0 Å². The van der Waals surface area contributed by atoms with Crippen LogP contribution in [0.1, 0.15) is 82.8 Å². The highest BCUT2D eigenvalue weighted by atomic mass is 16.5. The van der Waals surface area contributed by atoms with Crippen LogP contribution in [0, 0.1) is 11.8 Å². The van der Waals surface area contributed by atoms with Crippen LogP contribution in [-0.4, -0.2) is 48.5 Å². The van der Waals surface area contributed by atoms with E-state index in [1.807, 2.05) is 41.3 Å². The summed E-state index contributed by atoms with van der Waals surface area (Å²) in [7, 11) is 0. The molecule has 41 heavy (non-hydrogen) atoms. The van der Waals surface area contributed by atoms with Gasteiger partial charge in [0.1, 0.15) is 12.6 Å². The van der Waals surface area contributed by atoms with Gasteiger partial charge in [-0.2, -0.15) is 0 Å². The molecule has 0 radical (unpaired) electrons. The molecule has 3 amide bonds. The van der Waals surface area contributed by atoms with E-state index in [-0.39, 0.29) is 24.3 Å². The summed E-state index contributed by atoms with van der Waals surface area (Å²) in [5.41, 5.74) is 2.23. The van der Waals surface area contributed by atoms with Crippen LogP contribution >= 0.6 is 0 Å². The fraction of sp³-hybridized carbons (Fsp3) is 0.559. The summed E-state index contributed by atoms with van der Waals surface area (Å²) in [5.74, 6) is 0.691. The van der Waals surface area contributed by atoms with Gasteiger partial charge in [-0.3, -0.25) is 9.59 Å². The second-order valence-electron chi connectivity index (χ2n) is 11.3. The molecule has 2 aromatic carbocycles. The molecule has 2 N–H and O–H groups in total. The van der Waals surface area contributed by atoms with E-state index in [9.17, 15) is 14.4 Å². The number of nitrogens with one attached hydrogen (secondary N) is 2. The van der Waals surface area contributed by atoms with Crippen LogP contribution in [0.4, 0.5) is 4.79 Å². The number of benzene rings is 2. The van der Waals surface area contributed by atoms with Crippen molar-refractivity contribution >= 4 is 17.9 Å². The minimum Gasteiger partial charge on any atom is -0.445 e. The summed E-state index contributed by atoms with van der Waals surface area (Å²) >= 11 is 0. The van der Waals surface area contributed by atoms with Crippen molar-refractivity contribution in [2.24, 2.45) is 11.8 Å². The molecular formula is C34H49N3O4. The Hall–Kier alpha value is -3.35. The van der Waals surface area contributed by atoms with Crippen molar-refractivity contribution in [1.82, 2.24) is 15.5 Å². The highest BCUT2D eigenvalue weighted by molar-refractivity contribution is 5.85. The van der Waals surface area contributed by atoms with Gasteiger partial charge in [0.2, 0.25) is 11.8 Å². The van der Waals surface area contributed by atoms with E-state index in [1.165, 1.54) is 5.56 Å². The largest absolute Gasteiger partial charge is 0.445 e. The van der Waals surface area contributed by atoms with Crippen molar-refractivity contribution in [3.05, 3.63) is 71.8 Å². The van der Waals surface area contributed by atoms with Crippen molar-refractivity contribution in [3.63, 3.8) is 0 Å². The second kappa shape index (κ2) is 18.2. The number of piperidine rings is 1. The average Bonchev–Trinajstić information content (AvgIpc) is 3.00. The Kier molecular flexibility index (Phi) is 14.2. The van der Waals surface area contributed by atoms with E-state index in [4.69, 9.17) is 4.74 Å². The normalized spacial score (nSPS) is 15.1. The molecule has 224 valence electrons. The molecule has 0 spiro atoms. The number of hydrogen-bond donors (Lipinski definition) is 2. The Labute approximate surface area is 246 Å². The van der Waals surface area contributed by atoms with Gasteiger partial charge in [-0.25, -0.2) is 4.79 Å². The number of carbonyl (C=O) groups excluding carboxylic acids is 3. The Morgan fingerprint density at radius 1 is 0.878 bits per heavy atom. The van der Waals surface area contributed by atoms with Crippen molar-refractivity contribution in [2.75, 3.05) is 19.6 Å². The topological polar surface area (TPSA) is 87.7 Å². The number of carbonyl (C=O) groups is 3. The van der Waals surface area contributed by atoms with Gasteiger partial charge in [0.05, 0.1) is 0 Å². The number of unbranched alkanes of at least 4 members (excludes halogenated alkanes) is 2. The van der Waals surface area contributed by atoms with E-state index < -0.39 is 12.1 Å². The van der Waals surface area contributed by atoms with E-state index in [0.717, 1.165) is 56.9 Å². The lowest BCUT2D eigenvalue weighted by molar-refractivity contribution is -0.135. The van der Waals surface area contributed by atoms with Gasteiger partial charge in [-0.05, 0) is 68.4 Å². The van der Waals surface area contributed by atoms with Crippen molar-refractivity contribution < 1.29 is 19.1 Å². The molecule has 0 aromatic heterocycles. The summed E-state index contributed by atoms with van der Waals surface area (Å²) in [6.07, 6.45) is 8.24. The molecule has 2 aromatic rings. The standard InChI is InChI=1S/C34H49N3O4/c1-3-5-18-30(4-2)32(38)35-22-13-12-19-31(36-34(40)41-26-29-16-10-7-11-17-29)33(39)37-23-20-28(21-24-37)25-27-14-8-6-9-15-27/h6-11,14-17,28,30-31H,3-5,12-13,18-26H2,1-2H3,(H,35,38)(H,36,40)/t30-,31+/m1/s1. The molecule has 3 rings (SSSR count). The van der Waals surface area contributed by atoms with Crippen LogP contribution in [0.15, 0.2) is 60.7 Å². The molecule has 0 unspecified atom stereocenters. The fourth-order valence-electron chi connectivity index (χ4n) is 5.49. The monoisotopic (exact) mass is 563 g/mol. The predicted octanol–water partition coefficient (Wildman–Crippen LogP) is 6.27. The average molecular weight is 564 g/mol. The second-order valence-corrected chi connectivity index (χ2v) is 11.3. The zero-order valence-corrected chi connectivity index (χ0v) is 25.0. The maximum absolute atomic E-state index is 13.6. The van der Waals surface area contributed by atoms with Crippen LogP contribution in [0.25, 0.3) is 0 Å². The minimum atomic E-state index is -0.646. The summed E-state index contributed by atoms with van der Waals surface area (Å²) in [4.78, 5) is 40.7. The fourth-order valence-corrected chi connectivity index (χ4v) is 5.49. The molecule has 0 saturated carbocycles. The quantitative estimate of drug-likeness (QED) is 0.236. The highest BCUT2D eigenvalue weighted by Gasteiger charge is 2.29. The maximum atomic E-state index is 13.6. The van der Waals surface area contributed by atoms with Gasteiger partial charge in [0.15, 0.2) is 0 Å². The summed E-state index contributed by atoms with van der Waals surface area (Å²) in [6, 6.07) is 19.4. The van der Waals surface area contributed by atoms with Crippen LogP contribution in [-0.2, 0) is 27.4 Å². The smallest absolute Gasteiger partial charge is 0.408 e. The highest BCUT2D eigenvalue weighted by Crippen LogP contribution is 2.23. The lowest BCUT2D eigenvalue weighted by atomic mass is 9.90. The van der Waals surface area contributed by atoms with Gasteiger partial charge < -0.3 is 20.3 Å². The predicted molar refractivity (Wildman–Crippen MR) is 163 cm³/mol. The number of ether oxygens (including phenoxy) is 1. The van der Waals surface area contributed by atoms with Gasteiger partial charge in [0, 0.05) is 25.6 Å². The molecule has 7 nitrogen and oxygen atoms in total. The van der Waals surface area contributed by atoms with Crippen LogP contribution in [0.2, 0.25) is 0 Å². The molecule has 1 aliphatic heterocycles. The first-order valence-electron chi connectivity index (χ1n) is 15.6. The molecule has 1 aliphatic rings. The first-order valence-corrected chi connectivity index (χ1v) is 15.6. The number of nitrogens with zero attached hydrogens (tertiary/aromatic N) is 1. The van der Waals surface area contributed by atoms with Gasteiger partial charge in [-0.15, -0.1) is 0 Å². The number of likely N-dealkylation sites (tertiary alicyclic amines) is 1. The van der Waals surface area contributed by atoms with E-state index in [2.05, 4.69) is 48.7 Å². The van der Waals surface area contributed by atoms with E-state index >= 15 is 0 Å². The summed E-state index contributed by atoms with van der Waals surface area (Å²) in [5, 5.41) is 5.91. The Morgan fingerprint density at radius 2 is 1.54 bits per heavy atom. The molecule has 1 fully saturated rings. The van der Waals surface area contributed by atoms with Gasteiger partial charge in [0.25, 0.3) is 0 Å². The molecule has 1 heterocycles. The third-order valence-electron chi connectivity index (χ3n) is 8.08. The van der Waals surface area contributed by atoms with Gasteiger partial charge >= 0.3 is 6.09 Å². The van der Waals surface area contributed by atoms with Crippen molar-refractivity contribution in [1.29, 1.82) is 0 Å². The maximum Gasteiger partial charge on any atom is 0.408 e. The number of hydrogen-bond acceptors (Lipinski definition) is 4. The lowest BCUT2D eigenvalue weighted by Crippen LogP contribution is -2.51. The Bertz CT molecular complexity index is 1040. The number of amides is 3. The molecule has 7 heteroatoms. The SMILES string of the molecule is CCCC[C@@H](CC)C(=O)NCCCC[C@H](NC(=O)OCc1ccccc1)C(=O)N1CCC(Cc2ccccc2)CC1. The van der Waals surface area contributed by atoms with E-state index in [1.54, 1.807) is 0 Å². The zero-order valence-electron chi connectivity index (χ0n) is 25.0. The lowest BCUT2D eigenvalue weighted by Gasteiger charge is -2.34. The zero-order chi connectivity index (χ0) is 29.3. The Balaban J connectivity index is 1.49. The van der Waals surface area contributed by atoms with Crippen molar-refractivity contribution in [2.45, 2.75) is 90.7 Å². The van der Waals surface area contributed by atoms with E-state index in [0.29, 0.717) is 38.4 Å². The van der Waals surface area contributed by atoms with Crippen LogP contribution < -0.4 is 10.6 Å². The third kappa shape index (κ3) is 11.6.